The number of hydrogen-bond acceptors (Lipinski definition) is 2. The third-order valence-corrected chi connectivity index (χ3v) is 2.35. The minimum absolute atomic E-state index is 0.270. The first-order chi connectivity index (χ1) is 7.09. The van der Waals surface area contributed by atoms with Gasteiger partial charge in [0.1, 0.15) is 11.6 Å². The Morgan fingerprint density at radius 1 is 1.19 bits per heavy atom. The van der Waals surface area contributed by atoms with Gasteiger partial charge in [0, 0.05) is 0 Å². The lowest BCUT2D eigenvalue weighted by molar-refractivity contribution is -0.140. The Balaban J connectivity index is 3.18. The number of alkyl halides is 3. The minimum Gasteiger partial charge on any atom is -0.206 e. The summed E-state index contributed by atoms with van der Waals surface area (Å²) < 4.78 is 81.9. The highest BCUT2D eigenvalue weighted by Gasteiger charge is 2.34. The summed E-state index contributed by atoms with van der Waals surface area (Å²) in [6.45, 7) is 0. The van der Waals surface area contributed by atoms with Crippen molar-refractivity contribution >= 4 is 10.2 Å². The van der Waals surface area contributed by atoms with Gasteiger partial charge in [0.2, 0.25) is 0 Å². The minimum atomic E-state index is -4.94. The topological polar surface area (TPSA) is 34.1 Å². The van der Waals surface area contributed by atoms with Crippen molar-refractivity contribution in [3.63, 3.8) is 0 Å². The first-order valence-corrected chi connectivity index (χ1v) is 5.43. The second kappa shape index (κ2) is 4.00. The van der Waals surface area contributed by atoms with Crippen molar-refractivity contribution in [2.24, 2.45) is 0 Å². The summed E-state index contributed by atoms with van der Waals surface area (Å²) in [5.74, 6) is -2.75. The van der Waals surface area contributed by atoms with Crippen LogP contribution in [-0.2, 0) is 22.2 Å². The molecule has 8 heteroatoms. The summed E-state index contributed by atoms with van der Waals surface area (Å²) in [4.78, 5) is 0. The predicted octanol–water partition coefficient (Wildman–Crippen LogP) is 2.64. The summed E-state index contributed by atoms with van der Waals surface area (Å²) >= 11 is 0. The molecule has 0 radical (unpaired) electrons. The number of benzene rings is 1. The van der Waals surface area contributed by atoms with Crippen molar-refractivity contribution in [2.45, 2.75) is 11.9 Å². The molecule has 0 aliphatic carbocycles. The quantitative estimate of drug-likeness (QED) is 0.605. The average molecular weight is 260 g/mol. The molecule has 0 saturated heterocycles. The van der Waals surface area contributed by atoms with Gasteiger partial charge in [-0.3, -0.25) is 0 Å². The van der Waals surface area contributed by atoms with E-state index in [1.54, 1.807) is 0 Å². The van der Waals surface area contributed by atoms with Crippen molar-refractivity contribution in [2.75, 3.05) is 0 Å². The fraction of sp³-hybridized carbons (Fsp3) is 0.250. The van der Waals surface area contributed by atoms with E-state index < -0.39 is 39.1 Å². The zero-order valence-corrected chi connectivity index (χ0v) is 8.37. The SMILES string of the molecule is O=S(=O)(F)Cc1ccc(F)c(C(F)(F)F)c1. The second-order valence-corrected chi connectivity index (χ2v) is 4.36. The van der Waals surface area contributed by atoms with Crippen LogP contribution in [0.4, 0.5) is 21.4 Å². The fourth-order valence-corrected chi connectivity index (χ4v) is 1.66. The molecule has 90 valence electrons. The Hall–Kier alpha value is -1.18. The van der Waals surface area contributed by atoms with Crippen molar-refractivity contribution in [1.29, 1.82) is 0 Å². The van der Waals surface area contributed by atoms with E-state index in [4.69, 9.17) is 0 Å². The van der Waals surface area contributed by atoms with E-state index in [9.17, 15) is 29.9 Å². The highest BCUT2D eigenvalue weighted by molar-refractivity contribution is 7.85. The third kappa shape index (κ3) is 3.44. The summed E-state index contributed by atoms with van der Waals surface area (Å²) in [6.07, 6.45) is -4.94. The lowest BCUT2D eigenvalue weighted by Crippen LogP contribution is -2.09. The van der Waals surface area contributed by atoms with Crippen LogP contribution < -0.4 is 0 Å². The largest absolute Gasteiger partial charge is 0.419 e. The molecule has 0 amide bonds. The van der Waals surface area contributed by atoms with Gasteiger partial charge in [-0.2, -0.15) is 21.6 Å². The van der Waals surface area contributed by atoms with E-state index in [0.717, 1.165) is 6.07 Å². The standard InChI is InChI=1S/C8H5F5O2S/c9-7-2-1-5(4-16(13,14)15)3-6(7)8(10,11)12/h1-3H,4H2. The summed E-state index contributed by atoms with van der Waals surface area (Å²) in [7, 11) is -4.94. The number of halogens is 5. The van der Waals surface area contributed by atoms with Crippen molar-refractivity contribution in [1.82, 2.24) is 0 Å². The average Bonchev–Trinajstić information content (AvgIpc) is 2.04. The molecule has 0 fully saturated rings. The van der Waals surface area contributed by atoms with Crippen LogP contribution in [0.5, 0.6) is 0 Å². The monoisotopic (exact) mass is 260 g/mol. The molecule has 1 aromatic carbocycles. The molecule has 0 atom stereocenters. The molecular weight excluding hydrogens is 255 g/mol. The van der Waals surface area contributed by atoms with Gasteiger partial charge in [0.15, 0.2) is 0 Å². The van der Waals surface area contributed by atoms with Gasteiger partial charge in [-0.25, -0.2) is 4.39 Å². The lowest BCUT2D eigenvalue weighted by atomic mass is 10.1. The predicted molar refractivity (Wildman–Crippen MR) is 45.1 cm³/mol. The number of rotatable bonds is 2. The molecule has 0 aliphatic rings. The molecule has 2 nitrogen and oxygen atoms in total. The zero-order valence-electron chi connectivity index (χ0n) is 7.55. The molecule has 1 aromatic rings. The van der Waals surface area contributed by atoms with Gasteiger partial charge in [-0.1, -0.05) is 6.07 Å². The summed E-state index contributed by atoms with van der Waals surface area (Å²) in [5, 5.41) is 0. The first-order valence-electron chi connectivity index (χ1n) is 3.87. The van der Waals surface area contributed by atoms with Gasteiger partial charge in [-0.15, -0.1) is 3.89 Å². The molecule has 0 unspecified atom stereocenters. The summed E-state index contributed by atoms with van der Waals surface area (Å²) in [6, 6.07) is 1.50. The molecule has 1 rings (SSSR count). The Labute approximate surface area is 87.9 Å². The maximum absolute atomic E-state index is 12.7. The molecule has 0 heterocycles. The van der Waals surface area contributed by atoms with Gasteiger partial charge < -0.3 is 0 Å². The van der Waals surface area contributed by atoms with E-state index in [-0.39, 0.29) is 6.07 Å². The highest BCUT2D eigenvalue weighted by Crippen LogP contribution is 2.32. The Kier molecular flexibility index (Phi) is 3.22. The molecule has 0 aromatic heterocycles. The van der Waals surface area contributed by atoms with Gasteiger partial charge in [0.25, 0.3) is 0 Å². The molecule has 0 N–H and O–H groups in total. The van der Waals surface area contributed by atoms with Crippen LogP contribution in [0.15, 0.2) is 18.2 Å². The first kappa shape index (κ1) is 12.9. The Morgan fingerprint density at radius 3 is 2.19 bits per heavy atom. The van der Waals surface area contributed by atoms with E-state index in [1.807, 2.05) is 0 Å². The van der Waals surface area contributed by atoms with Crippen molar-refractivity contribution in [3.8, 4) is 0 Å². The number of hydrogen-bond donors (Lipinski definition) is 0. The second-order valence-electron chi connectivity index (χ2n) is 3.00. The maximum atomic E-state index is 12.7. The van der Waals surface area contributed by atoms with E-state index >= 15 is 0 Å². The van der Waals surface area contributed by atoms with Crippen molar-refractivity contribution < 1.29 is 29.9 Å². The van der Waals surface area contributed by atoms with Gasteiger partial charge >= 0.3 is 16.4 Å². The molecule has 0 saturated carbocycles. The molecule has 0 aliphatic heterocycles. The van der Waals surface area contributed by atoms with E-state index in [0.29, 0.717) is 6.07 Å². The zero-order chi connectivity index (χ0) is 12.6. The smallest absolute Gasteiger partial charge is 0.206 e. The molecule has 16 heavy (non-hydrogen) atoms. The Morgan fingerprint density at radius 2 is 1.75 bits per heavy atom. The summed E-state index contributed by atoms with van der Waals surface area (Å²) in [5.41, 5.74) is -2.08. The van der Waals surface area contributed by atoms with E-state index in [1.165, 1.54) is 0 Å². The molecule has 0 spiro atoms. The molecule has 0 bridgehead atoms. The van der Waals surface area contributed by atoms with Crippen LogP contribution in [0.25, 0.3) is 0 Å². The third-order valence-electron chi connectivity index (χ3n) is 1.68. The fourth-order valence-electron chi connectivity index (χ4n) is 1.08. The van der Waals surface area contributed by atoms with Crippen LogP contribution in [-0.4, -0.2) is 8.42 Å². The van der Waals surface area contributed by atoms with Crippen molar-refractivity contribution in [3.05, 3.63) is 35.1 Å². The van der Waals surface area contributed by atoms with Gasteiger partial charge in [0.05, 0.1) is 5.56 Å². The maximum Gasteiger partial charge on any atom is 0.419 e. The van der Waals surface area contributed by atoms with Crippen LogP contribution in [0.3, 0.4) is 0 Å². The highest BCUT2D eigenvalue weighted by atomic mass is 32.3. The van der Waals surface area contributed by atoms with Crippen LogP contribution in [0, 0.1) is 5.82 Å². The Bertz CT molecular complexity index is 492. The van der Waals surface area contributed by atoms with Crippen LogP contribution in [0.1, 0.15) is 11.1 Å². The van der Waals surface area contributed by atoms with Gasteiger partial charge in [-0.05, 0) is 17.7 Å². The molecular formula is C8H5F5O2S. The lowest BCUT2D eigenvalue weighted by Gasteiger charge is -2.09. The normalized spacial score (nSPS) is 12.8. The van der Waals surface area contributed by atoms with E-state index in [2.05, 4.69) is 0 Å². The van der Waals surface area contributed by atoms with Crippen LogP contribution >= 0.6 is 0 Å². The van der Waals surface area contributed by atoms with Crippen LogP contribution in [0.2, 0.25) is 0 Å².